The minimum absolute atomic E-state index is 0.00366. The summed E-state index contributed by atoms with van der Waals surface area (Å²) in [6.45, 7) is 1.76. The second-order valence-corrected chi connectivity index (χ2v) is 8.27. The number of fused-ring (bicyclic) bond motifs is 4. The van der Waals surface area contributed by atoms with Gasteiger partial charge in [-0.25, -0.2) is 4.39 Å². The Morgan fingerprint density at radius 2 is 2.10 bits per heavy atom. The monoisotopic (exact) mass is 409 g/mol. The van der Waals surface area contributed by atoms with Crippen molar-refractivity contribution >= 4 is 16.8 Å². The number of nitrogens with zero attached hydrogens (tertiary/aromatic N) is 2. The number of amides is 1. The van der Waals surface area contributed by atoms with E-state index in [1.54, 1.807) is 24.1 Å². The van der Waals surface area contributed by atoms with Crippen molar-refractivity contribution in [3.63, 3.8) is 0 Å². The molecular formula is C23H24FN3O3. The number of ether oxygens (including phenoxy) is 1. The lowest BCUT2D eigenvalue weighted by molar-refractivity contribution is 0.0337. The number of methoxy groups -OCH3 is 1. The van der Waals surface area contributed by atoms with Crippen molar-refractivity contribution in [2.24, 2.45) is 7.05 Å². The van der Waals surface area contributed by atoms with Gasteiger partial charge in [-0.3, -0.25) is 4.79 Å². The van der Waals surface area contributed by atoms with Gasteiger partial charge in [0, 0.05) is 54.8 Å². The van der Waals surface area contributed by atoms with Crippen molar-refractivity contribution < 1.29 is 19.0 Å². The predicted octanol–water partition coefficient (Wildman–Crippen LogP) is 2.36. The van der Waals surface area contributed by atoms with E-state index < -0.39 is 5.82 Å². The number of likely N-dealkylation sites (tertiary alicyclic amines) is 1. The molecule has 3 aromatic rings. The summed E-state index contributed by atoms with van der Waals surface area (Å²) in [5.74, 6) is 0.207. The zero-order chi connectivity index (χ0) is 21.0. The van der Waals surface area contributed by atoms with Gasteiger partial charge < -0.3 is 24.6 Å². The summed E-state index contributed by atoms with van der Waals surface area (Å²) < 4.78 is 21.1. The van der Waals surface area contributed by atoms with Gasteiger partial charge in [-0.2, -0.15) is 0 Å². The molecule has 2 aromatic carbocycles. The quantitative estimate of drug-likeness (QED) is 0.697. The number of carbonyl (C=O) groups excluding carboxylic acids is 1. The molecule has 2 N–H and O–H groups in total. The first-order valence-corrected chi connectivity index (χ1v) is 10.0. The van der Waals surface area contributed by atoms with Crippen molar-refractivity contribution in [1.29, 1.82) is 0 Å². The maximum absolute atomic E-state index is 13.6. The Kier molecular flexibility index (Phi) is 4.34. The predicted molar refractivity (Wildman–Crippen MR) is 111 cm³/mol. The van der Waals surface area contributed by atoms with Gasteiger partial charge in [0.1, 0.15) is 11.6 Å². The summed E-state index contributed by atoms with van der Waals surface area (Å²) in [7, 11) is 3.64. The summed E-state index contributed by atoms with van der Waals surface area (Å²) in [6, 6.07) is 11.7. The first-order chi connectivity index (χ1) is 14.5. The Morgan fingerprint density at radius 3 is 2.80 bits per heavy atom. The van der Waals surface area contributed by atoms with Crippen molar-refractivity contribution in [2.75, 3.05) is 33.4 Å². The SMILES string of the molecule is COc1ccc2c3c(n(C)c2c1)[C@@H](CO)NCC31CN(C(=O)c2cccc(F)c2)C1. The van der Waals surface area contributed by atoms with Crippen LogP contribution >= 0.6 is 0 Å². The molecule has 6 nitrogen and oxygen atoms in total. The number of aromatic nitrogens is 1. The summed E-state index contributed by atoms with van der Waals surface area (Å²) in [5.41, 5.74) is 3.40. The molecule has 0 saturated carbocycles. The molecule has 0 bridgehead atoms. The molecule has 1 aromatic heterocycles. The Balaban J connectivity index is 1.55. The fourth-order valence-corrected chi connectivity index (χ4v) is 5.08. The maximum atomic E-state index is 13.6. The standard InChI is InChI=1S/C23H24FN3O3/c1-26-19-9-16(30-2)6-7-17(19)20-21(26)18(10-28)25-11-23(20)12-27(13-23)22(29)14-4-3-5-15(24)8-14/h3-9,18,25,28H,10-13H2,1-2H3/t18-/m1/s1. The zero-order valence-corrected chi connectivity index (χ0v) is 17.0. The molecule has 2 aliphatic rings. The Hall–Kier alpha value is -2.90. The summed E-state index contributed by atoms with van der Waals surface area (Å²) in [6.07, 6.45) is 0. The Morgan fingerprint density at radius 1 is 1.30 bits per heavy atom. The molecule has 1 saturated heterocycles. The van der Waals surface area contributed by atoms with E-state index in [9.17, 15) is 14.3 Å². The number of hydrogen-bond acceptors (Lipinski definition) is 4. The summed E-state index contributed by atoms with van der Waals surface area (Å²) in [4.78, 5) is 14.6. The summed E-state index contributed by atoms with van der Waals surface area (Å²) >= 11 is 0. The van der Waals surface area contributed by atoms with Gasteiger partial charge >= 0.3 is 0 Å². The van der Waals surface area contributed by atoms with Crippen LogP contribution < -0.4 is 10.1 Å². The van der Waals surface area contributed by atoms with Crippen LogP contribution in [-0.4, -0.2) is 53.8 Å². The summed E-state index contributed by atoms with van der Waals surface area (Å²) in [5, 5.41) is 14.5. The first-order valence-electron chi connectivity index (χ1n) is 10.0. The number of benzene rings is 2. The first kappa shape index (κ1) is 19.1. The number of aliphatic hydroxyl groups is 1. The second-order valence-electron chi connectivity index (χ2n) is 8.27. The molecule has 1 spiro atoms. The van der Waals surface area contributed by atoms with Gasteiger partial charge in [-0.1, -0.05) is 6.07 Å². The van der Waals surface area contributed by atoms with Gasteiger partial charge in [0.15, 0.2) is 0 Å². The van der Waals surface area contributed by atoms with Gasteiger partial charge in [0.2, 0.25) is 0 Å². The number of nitrogens with one attached hydrogen (secondary N) is 1. The molecule has 1 atom stereocenters. The average Bonchev–Trinajstić information content (AvgIpc) is 3.04. The lowest BCUT2D eigenvalue weighted by Gasteiger charge is -2.53. The lowest BCUT2D eigenvalue weighted by atomic mass is 9.69. The van der Waals surface area contributed by atoms with Crippen molar-refractivity contribution in [3.05, 3.63) is 65.1 Å². The third-order valence-corrected chi connectivity index (χ3v) is 6.53. The van der Waals surface area contributed by atoms with Gasteiger partial charge in [0.25, 0.3) is 5.91 Å². The van der Waals surface area contributed by atoms with Crippen LogP contribution in [0.4, 0.5) is 4.39 Å². The van der Waals surface area contributed by atoms with Gasteiger partial charge in [0.05, 0.1) is 25.3 Å². The smallest absolute Gasteiger partial charge is 0.254 e. The average molecular weight is 409 g/mol. The Bertz CT molecular complexity index is 1150. The molecule has 30 heavy (non-hydrogen) atoms. The highest BCUT2D eigenvalue weighted by Crippen LogP contribution is 2.46. The molecule has 7 heteroatoms. The highest BCUT2D eigenvalue weighted by atomic mass is 19.1. The van der Waals surface area contributed by atoms with E-state index in [4.69, 9.17) is 4.74 Å². The van der Waals surface area contributed by atoms with E-state index in [1.165, 1.54) is 17.7 Å². The molecule has 2 aliphatic heterocycles. The molecular weight excluding hydrogens is 385 g/mol. The highest BCUT2D eigenvalue weighted by Gasteiger charge is 2.52. The third-order valence-electron chi connectivity index (χ3n) is 6.53. The van der Waals surface area contributed by atoms with Crippen molar-refractivity contribution in [2.45, 2.75) is 11.5 Å². The van der Waals surface area contributed by atoms with Crippen molar-refractivity contribution in [1.82, 2.24) is 14.8 Å². The van der Waals surface area contributed by atoms with Crippen molar-refractivity contribution in [3.8, 4) is 5.75 Å². The second kappa shape index (κ2) is 6.82. The van der Waals surface area contributed by atoms with Crippen LogP contribution in [0.3, 0.4) is 0 Å². The number of carbonyl (C=O) groups is 1. The van der Waals surface area contributed by atoms with E-state index in [0.29, 0.717) is 25.2 Å². The van der Waals surface area contributed by atoms with Crippen LogP contribution in [0.5, 0.6) is 5.75 Å². The fraction of sp³-hybridized carbons (Fsp3) is 0.348. The normalized spacial score (nSPS) is 19.6. The van der Waals surface area contributed by atoms with Crippen LogP contribution in [0.2, 0.25) is 0 Å². The number of aryl methyl sites for hydroxylation is 1. The van der Waals surface area contributed by atoms with E-state index in [2.05, 4.69) is 16.0 Å². The molecule has 3 heterocycles. The number of hydrogen-bond donors (Lipinski definition) is 2. The van der Waals surface area contributed by atoms with Crippen LogP contribution in [-0.2, 0) is 12.5 Å². The van der Waals surface area contributed by atoms with Gasteiger partial charge in [-0.05, 0) is 35.9 Å². The van der Waals surface area contributed by atoms with Crippen LogP contribution in [0.25, 0.3) is 10.9 Å². The highest BCUT2D eigenvalue weighted by molar-refractivity contribution is 5.96. The maximum Gasteiger partial charge on any atom is 0.254 e. The minimum Gasteiger partial charge on any atom is -0.497 e. The fourth-order valence-electron chi connectivity index (χ4n) is 5.08. The molecule has 156 valence electrons. The van der Waals surface area contributed by atoms with Crippen LogP contribution in [0.1, 0.15) is 27.7 Å². The largest absolute Gasteiger partial charge is 0.497 e. The molecule has 0 unspecified atom stereocenters. The topological polar surface area (TPSA) is 66.7 Å². The number of halogens is 1. The number of rotatable bonds is 3. The van der Waals surface area contributed by atoms with E-state index in [0.717, 1.165) is 22.3 Å². The van der Waals surface area contributed by atoms with E-state index in [1.807, 2.05) is 19.2 Å². The van der Waals surface area contributed by atoms with E-state index in [-0.39, 0.29) is 24.0 Å². The molecule has 5 rings (SSSR count). The lowest BCUT2D eigenvalue weighted by Crippen LogP contribution is -2.67. The molecule has 1 fully saturated rings. The molecule has 0 aliphatic carbocycles. The molecule has 1 amide bonds. The number of aliphatic hydroxyl groups excluding tert-OH is 1. The van der Waals surface area contributed by atoms with E-state index >= 15 is 0 Å². The minimum atomic E-state index is -0.411. The third kappa shape index (κ3) is 2.66. The Labute approximate surface area is 173 Å². The van der Waals surface area contributed by atoms with Crippen LogP contribution in [0.15, 0.2) is 42.5 Å². The van der Waals surface area contributed by atoms with Crippen LogP contribution in [0, 0.1) is 5.82 Å². The molecule has 0 radical (unpaired) electrons. The zero-order valence-electron chi connectivity index (χ0n) is 17.0. The van der Waals surface area contributed by atoms with Gasteiger partial charge in [-0.15, -0.1) is 0 Å².